The Bertz CT molecular complexity index is 609. The summed E-state index contributed by atoms with van der Waals surface area (Å²) in [5.41, 5.74) is 3.56. The summed E-state index contributed by atoms with van der Waals surface area (Å²) in [7, 11) is 0. The van der Waals surface area contributed by atoms with E-state index in [0.29, 0.717) is 12.6 Å². The van der Waals surface area contributed by atoms with Gasteiger partial charge in [0.15, 0.2) is 0 Å². The van der Waals surface area contributed by atoms with Gasteiger partial charge in [0, 0.05) is 18.0 Å². The SMILES string of the molecule is O=C(O)c1nc(CNC2CCc3ccccc32)cs1. The normalized spacial score (nSPS) is 17.4. The highest BCUT2D eigenvalue weighted by molar-refractivity contribution is 7.11. The van der Waals surface area contributed by atoms with Gasteiger partial charge in [-0.25, -0.2) is 9.78 Å². The van der Waals surface area contributed by atoms with Crippen LogP contribution in [0.2, 0.25) is 0 Å². The van der Waals surface area contributed by atoms with Gasteiger partial charge in [-0.05, 0) is 24.0 Å². The molecule has 0 spiro atoms. The molecule has 19 heavy (non-hydrogen) atoms. The fourth-order valence-corrected chi connectivity index (χ4v) is 3.14. The predicted molar refractivity (Wildman–Crippen MR) is 73.4 cm³/mol. The van der Waals surface area contributed by atoms with Crippen molar-refractivity contribution in [2.24, 2.45) is 0 Å². The summed E-state index contributed by atoms with van der Waals surface area (Å²) < 4.78 is 0. The van der Waals surface area contributed by atoms with Crippen LogP contribution >= 0.6 is 11.3 Å². The zero-order valence-electron chi connectivity index (χ0n) is 10.3. The second-order valence-electron chi connectivity index (χ2n) is 4.62. The second kappa shape index (κ2) is 5.11. The van der Waals surface area contributed by atoms with Crippen molar-refractivity contribution in [2.75, 3.05) is 0 Å². The smallest absolute Gasteiger partial charge is 0.365 e. The molecule has 1 aromatic heterocycles. The molecule has 0 saturated heterocycles. The molecule has 0 bridgehead atoms. The molecule has 5 heteroatoms. The third-order valence-electron chi connectivity index (χ3n) is 3.40. The standard InChI is InChI=1S/C14H14N2O2S/c17-14(18)13-16-10(8-19-13)7-15-12-6-5-9-3-1-2-4-11(9)12/h1-4,8,12,15H,5-7H2,(H,17,18). The second-order valence-corrected chi connectivity index (χ2v) is 5.48. The Morgan fingerprint density at radius 2 is 2.32 bits per heavy atom. The van der Waals surface area contributed by atoms with Crippen molar-refractivity contribution in [1.29, 1.82) is 0 Å². The first kappa shape index (κ1) is 12.3. The van der Waals surface area contributed by atoms with Gasteiger partial charge in [0.1, 0.15) is 0 Å². The lowest BCUT2D eigenvalue weighted by Gasteiger charge is -2.12. The van der Waals surface area contributed by atoms with Gasteiger partial charge in [-0.2, -0.15) is 0 Å². The van der Waals surface area contributed by atoms with E-state index in [4.69, 9.17) is 5.11 Å². The Balaban J connectivity index is 1.65. The first-order chi connectivity index (χ1) is 9.24. The number of carboxylic acid groups (broad SMARTS) is 1. The molecule has 2 aromatic rings. The number of fused-ring (bicyclic) bond motifs is 1. The molecule has 1 aromatic carbocycles. The molecule has 0 fully saturated rings. The van der Waals surface area contributed by atoms with Gasteiger partial charge in [0.25, 0.3) is 0 Å². The lowest BCUT2D eigenvalue weighted by Crippen LogP contribution is -2.18. The van der Waals surface area contributed by atoms with E-state index < -0.39 is 5.97 Å². The average Bonchev–Trinajstić information content (AvgIpc) is 3.03. The van der Waals surface area contributed by atoms with Gasteiger partial charge in [-0.3, -0.25) is 0 Å². The molecule has 0 radical (unpaired) electrons. The summed E-state index contributed by atoms with van der Waals surface area (Å²) >= 11 is 1.18. The molecular formula is C14H14N2O2S. The molecule has 1 heterocycles. The number of benzene rings is 1. The van der Waals surface area contributed by atoms with Crippen molar-refractivity contribution in [2.45, 2.75) is 25.4 Å². The maximum Gasteiger partial charge on any atom is 0.365 e. The highest BCUT2D eigenvalue weighted by atomic mass is 32.1. The Morgan fingerprint density at radius 3 is 3.11 bits per heavy atom. The van der Waals surface area contributed by atoms with Crippen LogP contribution in [-0.2, 0) is 13.0 Å². The molecule has 2 N–H and O–H groups in total. The van der Waals surface area contributed by atoms with Gasteiger partial charge in [-0.15, -0.1) is 11.3 Å². The van der Waals surface area contributed by atoms with Crippen LogP contribution in [0.15, 0.2) is 29.6 Å². The number of hydrogen-bond acceptors (Lipinski definition) is 4. The average molecular weight is 274 g/mol. The van der Waals surface area contributed by atoms with Gasteiger partial charge in [0.2, 0.25) is 5.01 Å². The van der Waals surface area contributed by atoms with Crippen LogP contribution in [0.3, 0.4) is 0 Å². The minimum absolute atomic E-state index is 0.156. The molecular weight excluding hydrogens is 260 g/mol. The minimum Gasteiger partial charge on any atom is -0.476 e. The van der Waals surface area contributed by atoms with Crippen molar-refractivity contribution >= 4 is 17.3 Å². The lowest BCUT2D eigenvalue weighted by atomic mass is 10.1. The van der Waals surface area contributed by atoms with Crippen molar-refractivity contribution in [3.63, 3.8) is 0 Å². The van der Waals surface area contributed by atoms with Crippen molar-refractivity contribution < 1.29 is 9.90 Å². The van der Waals surface area contributed by atoms with Crippen LogP contribution in [0, 0.1) is 0 Å². The van der Waals surface area contributed by atoms with Crippen LogP contribution in [0.1, 0.15) is 39.1 Å². The van der Waals surface area contributed by atoms with Crippen LogP contribution in [0.4, 0.5) is 0 Å². The molecule has 1 unspecified atom stereocenters. The zero-order chi connectivity index (χ0) is 13.2. The van der Waals surface area contributed by atoms with Gasteiger partial charge >= 0.3 is 5.97 Å². The number of thiazole rings is 1. The van der Waals surface area contributed by atoms with E-state index in [1.807, 2.05) is 0 Å². The van der Waals surface area contributed by atoms with Crippen LogP contribution in [-0.4, -0.2) is 16.1 Å². The molecule has 0 saturated carbocycles. The van der Waals surface area contributed by atoms with Crippen molar-refractivity contribution in [3.8, 4) is 0 Å². The first-order valence-electron chi connectivity index (χ1n) is 6.23. The topological polar surface area (TPSA) is 62.2 Å². The molecule has 1 atom stereocenters. The van der Waals surface area contributed by atoms with E-state index in [-0.39, 0.29) is 5.01 Å². The predicted octanol–water partition coefficient (Wildman–Crippen LogP) is 2.62. The number of carboxylic acids is 1. The van der Waals surface area contributed by atoms with Gasteiger partial charge < -0.3 is 10.4 Å². The van der Waals surface area contributed by atoms with E-state index in [1.54, 1.807) is 5.38 Å². The van der Waals surface area contributed by atoms with Crippen LogP contribution < -0.4 is 5.32 Å². The van der Waals surface area contributed by atoms with E-state index >= 15 is 0 Å². The number of hydrogen-bond donors (Lipinski definition) is 2. The number of carbonyl (C=O) groups is 1. The quantitative estimate of drug-likeness (QED) is 0.899. The number of aromatic nitrogens is 1. The van der Waals surface area contributed by atoms with Crippen LogP contribution in [0.25, 0.3) is 0 Å². The molecule has 4 nitrogen and oxygen atoms in total. The summed E-state index contributed by atoms with van der Waals surface area (Å²) in [6, 6.07) is 8.81. The third-order valence-corrected chi connectivity index (χ3v) is 4.28. The van der Waals surface area contributed by atoms with Gasteiger partial charge in [-0.1, -0.05) is 24.3 Å². The molecule has 98 valence electrons. The fourth-order valence-electron chi connectivity index (χ4n) is 2.48. The summed E-state index contributed by atoms with van der Waals surface area (Å²) in [6.07, 6.45) is 2.19. The largest absolute Gasteiger partial charge is 0.476 e. The number of nitrogens with zero attached hydrogens (tertiary/aromatic N) is 1. The first-order valence-corrected chi connectivity index (χ1v) is 7.11. The summed E-state index contributed by atoms with van der Waals surface area (Å²) in [6.45, 7) is 0.614. The molecule has 0 aliphatic heterocycles. The Labute approximate surface area is 115 Å². The van der Waals surface area contributed by atoms with E-state index in [0.717, 1.165) is 18.5 Å². The zero-order valence-corrected chi connectivity index (χ0v) is 11.1. The Kier molecular flexibility index (Phi) is 3.31. The highest BCUT2D eigenvalue weighted by Gasteiger charge is 2.21. The van der Waals surface area contributed by atoms with E-state index in [9.17, 15) is 4.79 Å². The Morgan fingerprint density at radius 1 is 1.47 bits per heavy atom. The van der Waals surface area contributed by atoms with Crippen molar-refractivity contribution in [1.82, 2.24) is 10.3 Å². The number of nitrogens with one attached hydrogen (secondary N) is 1. The summed E-state index contributed by atoms with van der Waals surface area (Å²) in [5, 5.41) is 14.3. The number of aryl methyl sites for hydroxylation is 1. The lowest BCUT2D eigenvalue weighted by molar-refractivity contribution is 0.0696. The monoisotopic (exact) mass is 274 g/mol. The Hall–Kier alpha value is -1.72. The highest BCUT2D eigenvalue weighted by Crippen LogP contribution is 2.30. The maximum atomic E-state index is 10.8. The molecule has 3 rings (SSSR count). The van der Waals surface area contributed by atoms with Crippen molar-refractivity contribution in [3.05, 3.63) is 51.5 Å². The molecule has 1 aliphatic rings. The number of aromatic carboxylic acids is 1. The minimum atomic E-state index is -0.956. The summed E-state index contributed by atoms with van der Waals surface area (Å²) in [4.78, 5) is 14.8. The number of rotatable bonds is 4. The molecule has 0 amide bonds. The van der Waals surface area contributed by atoms with Gasteiger partial charge in [0.05, 0.1) is 5.69 Å². The molecule has 1 aliphatic carbocycles. The third kappa shape index (κ3) is 2.52. The maximum absolute atomic E-state index is 10.8. The van der Waals surface area contributed by atoms with Crippen LogP contribution in [0.5, 0.6) is 0 Å². The summed E-state index contributed by atoms with van der Waals surface area (Å²) in [5.74, 6) is -0.956. The fraction of sp³-hybridized carbons (Fsp3) is 0.286. The van der Waals surface area contributed by atoms with E-state index in [1.165, 1.54) is 22.5 Å². The van der Waals surface area contributed by atoms with E-state index in [2.05, 4.69) is 34.6 Å².